The Bertz CT molecular complexity index is 281. The first kappa shape index (κ1) is 29.2. The van der Waals surface area contributed by atoms with Crippen LogP contribution >= 0.6 is 0 Å². The Balaban J connectivity index is 5.05. The molecule has 0 N–H and O–H groups in total. The molecular formula is C28H60Si. The van der Waals surface area contributed by atoms with Crippen LogP contribution in [0.2, 0.25) is 24.2 Å². The van der Waals surface area contributed by atoms with Crippen molar-refractivity contribution in [3.8, 4) is 0 Å². The lowest BCUT2D eigenvalue weighted by atomic mass is 10.0. The van der Waals surface area contributed by atoms with E-state index in [4.69, 9.17) is 0 Å². The molecule has 0 saturated heterocycles. The lowest BCUT2D eigenvalue weighted by molar-refractivity contribution is 0.488. The van der Waals surface area contributed by atoms with Crippen molar-refractivity contribution in [2.24, 2.45) is 23.7 Å². The summed E-state index contributed by atoms with van der Waals surface area (Å²) in [5.74, 6) is 3.73. The van der Waals surface area contributed by atoms with Crippen LogP contribution in [0, 0.1) is 23.7 Å². The molecule has 176 valence electrons. The van der Waals surface area contributed by atoms with Crippen LogP contribution < -0.4 is 0 Å². The molecule has 4 unspecified atom stereocenters. The maximum atomic E-state index is 2.47. The first-order valence-electron chi connectivity index (χ1n) is 13.8. The molecular weight excluding hydrogens is 364 g/mol. The quantitative estimate of drug-likeness (QED) is 0.170. The molecule has 0 aliphatic rings. The van der Waals surface area contributed by atoms with E-state index in [1.807, 2.05) is 0 Å². The van der Waals surface area contributed by atoms with E-state index in [2.05, 4.69) is 55.4 Å². The molecule has 0 bridgehead atoms. The van der Waals surface area contributed by atoms with E-state index in [1.54, 1.807) is 24.2 Å². The Hall–Kier alpha value is 0.217. The molecule has 0 rings (SSSR count). The summed E-state index contributed by atoms with van der Waals surface area (Å²) in [6, 6.07) is 6.55. The number of rotatable bonds is 20. The first-order chi connectivity index (χ1) is 13.8. The van der Waals surface area contributed by atoms with Crippen LogP contribution in [-0.4, -0.2) is 8.07 Å². The maximum Gasteiger partial charge on any atom is 0.0535 e. The monoisotopic (exact) mass is 424 g/mol. The number of hydrogen-bond acceptors (Lipinski definition) is 0. The third-order valence-corrected chi connectivity index (χ3v) is 14.1. The van der Waals surface area contributed by atoms with E-state index >= 15 is 0 Å². The van der Waals surface area contributed by atoms with Crippen molar-refractivity contribution in [1.82, 2.24) is 0 Å². The lowest BCUT2D eigenvalue weighted by Gasteiger charge is -2.34. The van der Waals surface area contributed by atoms with Gasteiger partial charge in [-0.2, -0.15) is 0 Å². The van der Waals surface area contributed by atoms with Crippen LogP contribution in [0.5, 0.6) is 0 Å². The normalized spacial score (nSPS) is 18.2. The zero-order chi connectivity index (χ0) is 22.1. The molecule has 0 aromatic rings. The number of hydrogen-bond donors (Lipinski definition) is 0. The maximum absolute atomic E-state index is 2.47. The van der Waals surface area contributed by atoms with Crippen molar-refractivity contribution >= 4 is 8.07 Å². The fourth-order valence-corrected chi connectivity index (χ4v) is 10.2. The predicted molar refractivity (Wildman–Crippen MR) is 140 cm³/mol. The summed E-state index contributed by atoms with van der Waals surface area (Å²) in [6.45, 7) is 19.4. The molecule has 1 heteroatoms. The van der Waals surface area contributed by atoms with E-state index in [9.17, 15) is 0 Å². The average Bonchev–Trinajstić information content (AvgIpc) is 2.72. The molecule has 0 aliphatic heterocycles. The van der Waals surface area contributed by atoms with Crippen LogP contribution in [-0.2, 0) is 0 Å². The second-order valence-corrected chi connectivity index (χ2v) is 16.1. The fraction of sp³-hybridized carbons (Fsp3) is 1.00. The van der Waals surface area contributed by atoms with Gasteiger partial charge in [-0.1, -0.05) is 157 Å². The molecule has 0 aromatic heterocycles. The van der Waals surface area contributed by atoms with E-state index in [-0.39, 0.29) is 0 Å². The Morgan fingerprint density at radius 3 is 0.793 bits per heavy atom. The topological polar surface area (TPSA) is 0 Å². The van der Waals surface area contributed by atoms with Gasteiger partial charge >= 0.3 is 0 Å². The third kappa shape index (κ3) is 14.8. The Labute approximate surface area is 188 Å². The van der Waals surface area contributed by atoms with Gasteiger partial charge in [0.25, 0.3) is 0 Å². The van der Waals surface area contributed by atoms with Crippen LogP contribution in [0.4, 0.5) is 0 Å². The van der Waals surface area contributed by atoms with Crippen molar-refractivity contribution in [3.63, 3.8) is 0 Å². The summed E-state index contributed by atoms with van der Waals surface area (Å²) in [5.41, 5.74) is 0. The van der Waals surface area contributed by atoms with Crippen LogP contribution in [0.3, 0.4) is 0 Å². The van der Waals surface area contributed by atoms with Crippen LogP contribution in [0.25, 0.3) is 0 Å². The van der Waals surface area contributed by atoms with Crippen molar-refractivity contribution in [1.29, 1.82) is 0 Å². The van der Waals surface area contributed by atoms with E-state index in [0.29, 0.717) is 0 Å². The smallest absolute Gasteiger partial charge is 0.0535 e. The summed E-state index contributed by atoms with van der Waals surface area (Å²) in [6.07, 6.45) is 17.5. The van der Waals surface area contributed by atoms with Crippen molar-refractivity contribution in [2.45, 2.75) is 157 Å². The summed E-state index contributed by atoms with van der Waals surface area (Å²) < 4.78 is 0. The minimum Gasteiger partial charge on any atom is -0.0651 e. The minimum atomic E-state index is -1.11. The molecule has 4 atom stereocenters. The lowest BCUT2D eigenvalue weighted by Crippen LogP contribution is -2.34. The molecule has 0 aromatic carbocycles. The highest BCUT2D eigenvalue weighted by Gasteiger charge is 2.31. The van der Waals surface area contributed by atoms with Gasteiger partial charge in [0.1, 0.15) is 0 Å². The molecule has 0 aliphatic carbocycles. The summed E-state index contributed by atoms with van der Waals surface area (Å²) in [7, 11) is -1.11. The molecule has 0 heterocycles. The van der Waals surface area contributed by atoms with Gasteiger partial charge in [0.2, 0.25) is 0 Å². The molecule has 29 heavy (non-hydrogen) atoms. The summed E-state index contributed by atoms with van der Waals surface area (Å²) in [5, 5.41) is 0. The highest BCUT2D eigenvalue weighted by Crippen LogP contribution is 2.36. The zero-order valence-electron chi connectivity index (χ0n) is 22.1. The van der Waals surface area contributed by atoms with Crippen molar-refractivity contribution in [3.05, 3.63) is 0 Å². The Kier molecular flexibility index (Phi) is 18.0. The second kappa shape index (κ2) is 17.9. The fourth-order valence-electron chi connectivity index (χ4n) is 4.87. The van der Waals surface area contributed by atoms with Gasteiger partial charge in [-0.25, -0.2) is 0 Å². The molecule has 0 saturated carbocycles. The third-order valence-electron chi connectivity index (χ3n) is 8.40. The molecule has 0 radical (unpaired) electrons. The standard InChI is InChI=1S/C28H60Si/c1-9-25(5)17-13-21-29(22-14-18-26(6)10-2,23-15-19-27(7)11-3)24-16-20-28(8)12-4/h25-28H,9-24H2,1-8H3. The van der Waals surface area contributed by atoms with Gasteiger partial charge in [0.15, 0.2) is 0 Å². The van der Waals surface area contributed by atoms with Gasteiger partial charge in [-0.05, 0) is 23.7 Å². The van der Waals surface area contributed by atoms with Crippen LogP contribution in [0.15, 0.2) is 0 Å². The van der Waals surface area contributed by atoms with E-state index in [0.717, 1.165) is 23.7 Å². The van der Waals surface area contributed by atoms with Gasteiger partial charge in [-0.3, -0.25) is 0 Å². The molecule has 0 amide bonds. The van der Waals surface area contributed by atoms with Gasteiger partial charge in [-0.15, -0.1) is 0 Å². The van der Waals surface area contributed by atoms with Gasteiger partial charge < -0.3 is 0 Å². The second-order valence-electron chi connectivity index (χ2n) is 11.1. The van der Waals surface area contributed by atoms with Crippen molar-refractivity contribution < 1.29 is 0 Å². The van der Waals surface area contributed by atoms with Crippen molar-refractivity contribution in [2.75, 3.05) is 0 Å². The van der Waals surface area contributed by atoms with Gasteiger partial charge in [0.05, 0.1) is 8.07 Å². The van der Waals surface area contributed by atoms with Crippen LogP contribution in [0.1, 0.15) is 132 Å². The summed E-state index contributed by atoms with van der Waals surface area (Å²) in [4.78, 5) is 0. The van der Waals surface area contributed by atoms with Gasteiger partial charge in [0, 0.05) is 0 Å². The molecule has 0 spiro atoms. The first-order valence-corrected chi connectivity index (χ1v) is 16.6. The average molecular weight is 425 g/mol. The highest BCUT2D eigenvalue weighted by atomic mass is 28.3. The van der Waals surface area contributed by atoms with E-state index in [1.165, 1.54) is 77.0 Å². The summed E-state index contributed by atoms with van der Waals surface area (Å²) >= 11 is 0. The SMILES string of the molecule is CCC(C)CCC[Si](CCCC(C)CC)(CCCC(C)CC)CCCC(C)CC. The Morgan fingerprint density at radius 2 is 0.621 bits per heavy atom. The predicted octanol–water partition coefficient (Wildman–Crippen LogP) is 10.7. The highest BCUT2D eigenvalue weighted by molar-refractivity contribution is 6.79. The molecule has 0 fully saturated rings. The van der Waals surface area contributed by atoms with E-state index < -0.39 is 8.07 Å². The largest absolute Gasteiger partial charge is 0.0651 e. The minimum absolute atomic E-state index is 0.932. The Morgan fingerprint density at radius 1 is 0.414 bits per heavy atom. The molecule has 0 nitrogen and oxygen atoms in total. The zero-order valence-corrected chi connectivity index (χ0v) is 23.1.